The molecule has 1 aliphatic heterocycles. The van der Waals surface area contributed by atoms with Crippen LogP contribution in [0.1, 0.15) is 15.3 Å². The summed E-state index contributed by atoms with van der Waals surface area (Å²) in [6.45, 7) is 4.31. The molecule has 0 saturated carbocycles. The molecule has 22 heavy (non-hydrogen) atoms. The van der Waals surface area contributed by atoms with Gasteiger partial charge in [0.25, 0.3) is 0 Å². The molecule has 0 radical (unpaired) electrons. The fourth-order valence-corrected chi connectivity index (χ4v) is 4.96. The van der Waals surface area contributed by atoms with E-state index in [9.17, 15) is 8.42 Å². The molecule has 0 spiro atoms. The molecule has 1 N–H and O–H groups in total. The van der Waals surface area contributed by atoms with Crippen LogP contribution in [0.4, 0.5) is 0 Å². The van der Waals surface area contributed by atoms with Gasteiger partial charge in [0, 0.05) is 16.3 Å². The van der Waals surface area contributed by atoms with Crippen molar-refractivity contribution in [1.82, 2.24) is 4.72 Å². The zero-order valence-corrected chi connectivity index (χ0v) is 14.0. The second-order valence-electron chi connectivity index (χ2n) is 5.11. The zero-order valence-electron chi connectivity index (χ0n) is 12.4. The van der Waals surface area contributed by atoms with Crippen molar-refractivity contribution in [3.05, 3.63) is 39.6 Å². The highest BCUT2D eigenvalue weighted by Crippen LogP contribution is 2.32. The lowest BCUT2D eigenvalue weighted by Crippen LogP contribution is -2.26. The minimum atomic E-state index is -3.45. The third-order valence-electron chi connectivity index (χ3n) is 3.43. The molecule has 0 atom stereocenters. The molecule has 5 nitrogen and oxygen atoms in total. The van der Waals surface area contributed by atoms with E-state index in [4.69, 9.17) is 9.47 Å². The molecular weight excluding hydrogens is 322 g/mol. The molecule has 0 aliphatic carbocycles. The first kappa shape index (κ1) is 15.3. The van der Waals surface area contributed by atoms with Crippen LogP contribution in [0.25, 0.3) is 0 Å². The third-order valence-corrected chi connectivity index (χ3v) is 6.11. The van der Waals surface area contributed by atoms with Gasteiger partial charge in [-0.05, 0) is 44.0 Å². The molecule has 118 valence electrons. The van der Waals surface area contributed by atoms with Gasteiger partial charge in [-0.3, -0.25) is 0 Å². The maximum absolute atomic E-state index is 12.3. The van der Waals surface area contributed by atoms with E-state index in [0.29, 0.717) is 23.6 Å². The van der Waals surface area contributed by atoms with Crippen LogP contribution in [-0.2, 0) is 16.4 Å². The van der Waals surface area contributed by atoms with E-state index < -0.39 is 10.0 Å². The second-order valence-corrected chi connectivity index (χ2v) is 8.31. The fraction of sp³-hybridized carbons (Fsp3) is 0.333. The molecule has 2 aromatic rings. The van der Waals surface area contributed by atoms with Gasteiger partial charge in [-0.25, -0.2) is 13.1 Å². The van der Waals surface area contributed by atoms with E-state index in [2.05, 4.69) is 4.72 Å². The lowest BCUT2D eigenvalue weighted by atomic mass is 10.1. The van der Waals surface area contributed by atoms with Gasteiger partial charge in [-0.1, -0.05) is 6.07 Å². The first-order chi connectivity index (χ1) is 10.5. The van der Waals surface area contributed by atoms with Crippen LogP contribution in [0.15, 0.2) is 29.2 Å². The van der Waals surface area contributed by atoms with Crippen LogP contribution >= 0.6 is 11.3 Å². The average Bonchev–Trinajstić information content (AvgIpc) is 3.04. The number of nitrogens with one attached hydrogen (secondary N) is 1. The first-order valence-electron chi connectivity index (χ1n) is 6.91. The number of hydrogen-bond donors (Lipinski definition) is 1. The van der Waals surface area contributed by atoms with Gasteiger partial charge in [0.1, 0.15) is 0 Å². The molecule has 0 unspecified atom stereocenters. The molecule has 0 amide bonds. The number of fused-ring (bicyclic) bond motifs is 1. The van der Waals surface area contributed by atoms with Crippen LogP contribution in [0.2, 0.25) is 0 Å². The Kier molecular flexibility index (Phi) is 4.12. The van der Waals surface area contributed by atoms with Crippen molar-refractivity contribution in [2.45, 2.75) is 25.2 Å². The number of ether oxygens (including phenoxy) is 2. The van der Waals surface area contributed by atoms with Crippen molar-refractivity contribution in [1.29, 1.82) is 0 Å². The van der Waals surface area contributed by atoms with E-state index >= 15 is 0 Å². The van der Waals surface area contributed by atoms with Crippen LogP contribution in [0.5, 0.6) is 11.5 Å². The molecule has 2 heterocycles. The van der Waals surface area contributed by atoms with Crippen LogP contribution in [0.3, 0.4) is 0 Å². The van der Waals surface area contributed by atoms with E-state index in [1.165, 1.54) is 11.3 Å². The van der Waals surface area contributed by atoms with Crippen molar-refractivity contribution < 1.29 is 17.9 Å². The molecule has 3 rings (SSSR count). The highest BCUT2D eigenvalue weighted by atomic mass is 32.2. The largest absolute Gasteiger partial charge is 0.454 e. The normalized spacial score (nSPS) is 13.5. The molecule has 1 aliphatic rings. The van der Waals surface area contributed by atoms with Gasteiger partial charge in [-0.15, -0.1) is 11.3 Å². The smallest absolute Gasteiger partial charge is 0.241 e. The maximum Gasteiger partial charge on any atom is 0.241 e. The summed E-state index contributed by atoms with van der Waals surface area (Å²) in [7, 11) is -3.45. The van der Waals surface area contributed by atoms with E-state index in [-0.39, 0.29) is 6.79 Å². The quantitative estimate of drug-likeness (QED) is 0.909. The highest BCUT2D eigenvalue weighted by molar-refractivity contribution is 7.89. The summed E-state index contributed by atoms with van der Waals surface area (Å²) >= 11 is 1.49. The maximum atomic E-state index is 12.3. The molecule has 0 fully saturated rings. The molecule has 1 aromatic carbocycles. The number of sulfonamides is 1. The number of hydrogen-bond acceptors (Lipinski definition) is 5. The third kappa shape index (κ3) is 3.11. The van der Waals surface area contributed by atoms with Crippen LogP contribution in [-0.4, -0.2) is 21.8 Å². The lowest BCUT2D eigenvalue weighted by molar-refractivity contribution is 0.174. The van der Waals surface area contributed by atoms with Gasteiger partial charge in [-0.2, -0.15) is 0 Å². The fourth-order valence-electron chi connectivity index (χ4n) is 2.38. The summed E-state index contributed by atoms with van der Waals surface area (Å²) < 4.78 is 37.8. The van der Waals surface area contributed by atoms with Gasteiger partial charge in [0.15, 0.2) is 11.5 Å². The predicted molar refractivity (Wildman–Crippen MR) is 85.3 cm³/mol. The van der Waals surface area contributed by atoms with Crippen molar-refractivity contribution in [2.24, 2.45) is 0 Å². The zero-order chi connectivity index (χ0) is 15.7. The summed E-state index contributed by atoms with van der Waals surface area (Å²) in [4.78, 5) is 2.18. The Morgan fingerprint density at radius 2 is 1.95 bits per heavy atom. The van der Waals surface area contributed by atoms with E-state index in [1.54, 1.807) is 6.07 Å². The van der Waals surface area contributed by atoms with E-state index in [0.717, 1.165) is 21.1 Å². The minimum absolute atomic E-state index is 0.238. The number of benzene rings is 1. The van der Waals surface area contributed by atoms with Crippen molar-refractivity contribution in [3.8, 4) is 11.5 Å². The van der Waals surface area contributed by atoms with Gasteiger partial charge >= 0.3 is 0 Å². The number of aryl methyl sites for hydroxylation is 2. The standard InChI is InChI=1S/C15H17NO4S2/c1-10-7-15(11(2)21-10)22(17,18)16-6-5-12-3-4-13-14(8-12)20-9-19-13/h3-4,7-8,16H,5-6,9H2,1-2H3. The SMILES string of the molecule is Cc1cc(S(=O)(=O)NCCc2ccc3c(c2)OCO3)c(C)s1. The molecular formula is C15H17NO4S2. The molecule has 7 heteroatoms. The summed E-state index contributed by atoms with van der Waals surface area (Å²) in [5.41, 5.74) is 1.00. The molecule has 0 saturated heterocycles. The topological polar surface area (TPSA) is 64.6 Å². The van der Waals surface area contributed by atoms with Crippen LogP contribution < -0.4 is 14.2 Å². The Balaban J connectivity index is 1.64. The van der Waals surface area contributed by atoms with E-state index in [1.807, 2.05) is 32.0 Å². The Bertz CT molecular complexity index is 796. The van der Waals surface area contributed by atoms with Crippen molar-refractivity contribution in [3.63, 3.8) is 0 Å². The van der Waals surface area contributed by atoms with Gasteiger partial charge in [0.05, 0.1) is 4.90 Å². The predicted octanol–water partition coefficient (Wildman–Crippen LogP) is 2.61. The molecule has 1 aromatic heterocycles. The lowest BCUT2D eigenvalue weighted by Gasteiger charge is -2.07. The van der Waals surface area contributed by atoms with Crippen molar-refractivity contribution >= 4 is 21.4 Å². The summed E-state index contributed by atoms with van der Waals surface area (Å²) in [6.07, 6.45) is 0.595. The minimum Gasteiger partial charge on any atom is -0.454 e. The Morgan fingerprint density at radius 1 is 1.18 bits per heavy atom. The van der Waals surface area contributed by atoms with Gasteiger partial charge < -0.3 is 9.47 Å². The van der Waals surface area contributed by atoms with Gasteiger partial charge in [0.2, 0.25) is 16.8 Å². The van der Waals surface area contributed by atoms with Crippen LogP contribution in [0, 0.1) is 13.8 Å². The van der Waals surface area contributed by atoms with Crippen molar-refractivity contribution in [2.75, 3.05) is 13.3 Å². The average molecular weight is 339 g/mol. The summed E-state index contributed by atoms with van der Waals surface area (Å²) in [5.74, 6) is 1.44. The Labute approximate surface area is 133 Å². The Morgan fingerprint density at radius 3 is 2.68 bits per heavy atom. The second kappa shape index (κ2) is 5.91. The number of thiophene rings is 1. The highest BCUT2D eigenvalue weighted by Gasteiger charge is 2.19. The first-order valence-corrected chi connectivity index (χ1v) is 9.21. The Hall–Kier alpha value is -1.57. The summed E-state index contributed by atoms with van der Waals surface area (Å²) in [5, 5.41) is 0. The number of rotatable bonds is 5. The summed E-state index contributed by atoms with van der Waals surface area (Å²) in [6, 6.07) is 7.36. The molecule has 0 bridgehead atoms. The monoisotopic (exact) mass is 339 g/mol.